The fraction of sp³-hybridized carbons (Fsp3) is 0.304. The number of carbonyl (C=O) groups is 2. The lowest BCUT2D eigenvalue weighted by Gasteiger charge is -2.12. The average molecular weight is 395 g/mol. The van der Waals surface area contributed by atoms with E-state index >= 15 is 0 Å². The van der Waals surface area contributed by atoms with Gasteiger partial charge in [-0.3, -0.25) is 4.79 Å². The molecular weight excluding hydrogens is 370 g/mol. The molecule has 1 amide bonds. The smallest absolute Gasteiger partial charge is 0.331 e. The van der Waals surface area contributed by atoms with Gasteiger partial charge in [-0.1, -0.05) is 31.2 Å². The van der Waals surface area contributed by atoms with E-state index in [2.05, 4.69) is 5.32 Å². The van der Waals surface area contributed by atoms with Crippen molar-refractivity contribution in [3.8, 4) is 11.5 Å². The minimum absolute atomic E-state index is 0.345. The molecule has 0 fully saturated rings. The summed E-state index contributed by atoms with van der Waals surface area (Å²) in [5.74, 6) is 0.392. The van der Waals surface area contributed by atoms with E-state index in [1.165, 1.54) is 6.08 Å². The van der Waals surface area contributed by atoms with Gasteiger partial charge < -0.3 is 19.5 Å². The minimum Gasteiger partial charge on any atom is -0.490 e. The van der Waals surface area contributed by atoms with Crippen LogP contribution in [0.25, 0.3) is 6.08 Å². The Morgan fingerprint density at radius 2 is 1.93 bits per heavy atom. The number of hydrogen-bond donors (Lipinski definition) is 1. The van der Waals surface area contributed by atoms with Crippen LogP contribution in [0.4, 0.5) is 5.69 Å². The molecule has 1 heterocycles. The normalized spacial score (nSPS) is 13.0. The van der Waals surface area contributed by atoms with Gasteiger partial charge >= 0.3 is 5.97 Å². The molecule has 1 aliphatic rings. The third-order valence-electron chi connectivity index (χ3n) is 4.53. The van der Waals surface area contributed by atoms with E-state index in [0.717, 1.165) is 35.2 Å². The van der Waals surface area contributed by atoms with Gasteiger partial charge in [-0.25, -0.2) is 4.79 Å². The number of hydrogen-bond acceptors (Lipinski definition) is 5. The predicted molar refractivity (Wildman–Crippen MR) is 111 cm³/mol. The summed E-state index contributed by atoms with van der Waals surface area (Å²) in [6.07, 6.45) is 4.54. The van der Waals surface area contributed by atoms with E-state index in [0.29, 0.717) is 24.7 Å². The maximum Gasteiger partial charge on any atom is 0.331 e. The van der Waals surface area contributed by atoms with E-state index < -0.39 is 5.97 Å². The van der Waals surface area contributed by atoms with Gasteiger partial charge in [0.2, 0.25) is 0 Å². The lowest BCUT2D eigenvalue weighted by Crippen LogP contribution is -2.21. The number of ether oxygens (including phenoxy) is 3. The predicted octanol–water partition coefficient (Wildman–Crippen LogP) is 3.91. The third-order valence-corrected chi connectivity index (χ3v) is 4.53. The zero-order valence-corrected chi connectivity index (χ0v) is 16.7. The number of anilines is 1. The second kappa shape index (κ2) is 9.78. The molecule has 29 heavy (non-hydrogen) atoms. The summed E-state index contributed by atoms with van der Waals surface area (Å²) in [6.45, 7) is 4.83. The first-order chi connectivity index (χ1) is 14.1. The number of aryl methyl sites for hydroxylation is 2. The minimum atomic E-state index is -0.590. The van der Waals surface area contributed by atoms with Gasteiger partial charge in [-0.15, -0.1) is 0 Å². The van der Waals surface area contributed by atoms with Crippen LogP contribution in [0.5, 0.6) is 11.5 Å². The topological polar surface area (TPSA) is 73.9 Å². The van der Waals surface area contributed by atoms with E-state index in [4.69, 9.17) is 14.2 Å². The quantitative estimate of drug-likeness (QED) is 0.593. The molecule has 3 rings (SSSR count). The third kappa shape index (κ3) is 5.60. The van der Waals surface area contributed by atoms with Crippen molar-refractivity contribution in [3.05, 3.63) is 59.2 Å². The van der Waals surface area contributed by atoms with Gasteiger partial charge in [0.05, 0.1) is 13.2 Å². The average Bonchev–Trinajstić information content (AvgIpc) is 2.97. The standard InChI is InChI=1S/C23H25NO5/c1-3-18-7-4-6-16(2)23(18)24-21(25)15-29-22(26)11-9-17-8-10-19-20(14-17)28-13-5-12-27-19/h4,6-11,14H,3,5,12-13,15H2,1-2H3,(H,24,25)/b11-9+. The van der Waals surface area contributed by atoms with Crippen molar-refractivity contribution in [2.45, 2.75) is 26.7 Å². The Kier molecular flexibility index (Phi) is 6.89. The van der Waals surface area contributed by atoms with Crippen LogP contribution >= 0.6 is 0 Å². The van der Waals surface area contributed by atoms with Crippen LogP contribution in [0.15, 0.2) is 42.5 Å². The van der Waals surface area contributed by atoms with Gasteiger partial charge in [-0.2, -0.15) is 0 Å². The number of rotatable bonds is 6. The number of esters is 1. The molecule has 1 N–H and O–H groups in total. The molecule has 0 spiro atoms. The van der Waals surface area contributed by atoms with Crippen molar-refractivity contribution in [2.24, 2.45) is 0 Å². The summed E-state index contributed by atoms with van der Waals surface area (Å²) in [5.41, 5.74) is 3.57. The Morgan fingerprint density at radius 1 is 1.14 bits per heavy atom. The molecule has 0 bridgehead atoms. The maximum absolute atomic E-state index is 12.2. The maximum atomic E-state index is 12.2. The Labute approximate surface area is 170 Å². The molecule has 0 radical (unpaired) electrons. The summed E-state index contributed by atoms with van der Waals surface area (Å²) < 4.78 is 16.3. The van der Waals surface area contributed by atoms with Crippen molar-refractivity contribution in [1.82, 2.24) is 0 Å². The Balaban J connectivity index is 1.53. The summed E-state index contributed by atoms with van der Waals surface area (Å²) in [6, 6.07) is 11.3. The number of carbonyl (C=O) groups excluding carboxylic acids is 2. The number of amides is 1. The van der Waals surface area contributed by atoms with Crippen LogP contribution in [-0.4, -0.2) is 31.7 Å². The van der Waals surface area contributed by atoms with Crippen molar-refractivity contribution < 1.29 is 23.8 Å². The second-order valence-corrected chi connectivity index (χ2v) is 6.71. The first-order valence-electron chi connectivity index (χ1n) is 9.69. The first kappa shape index (κ1) is 20.5. The second-order valence-electron chi connectivity index (χ2n) is 6.71. The van der Waals surface area contributed by atoms with Crippen molar-refractivity contribution in [2.75, 3.05) is 25.1 Å². The molecule has 0 saturated heterocycles. The number of para-hydroxylation sites is 1. The highest BCUT2D eigenvalue weighted by Gasteiger charge is 2.11. The number of benzene rings is 2. The molecule has 152 valence electrons. The Hall–Kier alpha value is -3.28. The molecule has 6 heteroatoms. The highest BCUT2D eigenvalue weighted by molar-refractivity contribution is 5.95. The van der Waals surface area contributed by atoms with E-state index in [-0.39, 0.29) is 12.5 Å². The molecule has 2 aromatic carbocycles. The van der Waals surface area contributed by atoms with E-state index in [1.54, 1.807) is 6.08 Å². The Bertz CT molecular complexity index is 919. The fourth-order valence-corrected chi connectivity index (χ4v) is 3.01. The van der Waals surface area contributed by atoms with Gasteiger partial charge in [0.25, 0.3) is 5.91 Å². The SMILES string of the molecule is CCc1cccc(C)c1NC(=O)COC(=O)/C=C/c1ccc2c(c1)OCCCO2. The fourth-order valence-electron chi connectivity index (χ4n) is 3.01. The molecule has 0 aliphatic carbocycles. The van der Waals surface area contributed by atoms with E-state index in [9.17, 15) is 9.59 Å². The largest absolute Gasteiger partial charge is 0.490 e. The number of fused-ring (bicyclic) bond motifs is 1. The highest BCUT2D eigenvalue weighted by Crippen LogP contribution is 2.30. The molecule has 6 nitrogen and oxygen atoms in total. The van der Waals surface area contributed by atoms with Crippen LogP contribution in [0.2, 0.25) is 0 Å². The zero-order chi connectivity index (χ0) is 20.6. The molecule has 1 aliphatic heterocycles. The highest BCUT2D eigenvalue weighted by atomic mass is 16.5. The van der Waals surface area contributed by atoms with Crippen molar-refractivity contribution >= 4 is 23.6 Å². The van der Waals surface area contributed by atoms with E-state index in [1.807, 2.05) is 50.2 Å². The molecule has 0 saturated carbocycles. The number of nitrogens with one attached hydrogen (secondary N) is 1. The van der Waals surface area contributed by atoms with Crippen LogP contribution in [0.1, 0.15) is 30.0 Å². The van der Waals surface area contributed by atoms with Crippen LogP contribution in [-0.2, 0) is 20.7 Å². The Morgan fingerprint density at radius 3 is 2.72 bits per heavy atom. The van der Waals surface area contributed by atoms with Crippen LogP contribution in [0, 0.1) is 6.92 Å². The van der Waals surface area contributed by atoms with Crippen LogP contribution < -0.4 is 14.8 Å². The van der Waals surface area contributed by atoms with Gasteiger partial charge in [0, 0.05) is 18.2 Å². The molecule has 2 aromatic rings. The molecule has 0 unspecified atom stereocenters. The lowest BCUT2D eigenvalue weighted by atomic mass is 10.1. The summed E-state index contributed by atoms with van der Waals surface area (Å²) in [7, 11) is 0. The zero-order valence-electron chi connectivity index (χ0n) is 16.7. The summed E-state index contributed by atoms with van der Waals surface area (Å²) >= 11 is 0. The molecule has 0 aromatic heterocycles. The van der Waals surface area contributed by atoms with Gasteiger partial charge in [-0.05, 0) is 48.2 Å². The summed E-state index contributed by atoms with van der Waals surface area (Å²) in [5, 5.41) is 2.83. The molecule has 0 atom stereocenters. The monoisotopic (exact) mass is 395 g/mol. The van der Waals surface area contributed by atoms with Crippen LogP contribution in [0.3, 0.4) is 0 Å². The molecular formula is C23H25NO5. The van der Waals surface area contributed by atoms with Crippen molar-refractivity contribution in [3.63, 3.8) is 0 Å². The first-order valence-corrected chi connectivity index (χ1v) is 9.69. The van der Waals surface area contributed by atoms with Gasteiger partial charge in [0.15, 0.2) is 18.1 Å². The van der Waals surface area contributed by atoms with Crippen molar-refractivity contribution in [1.29, 1.82) is 0 Å². The summed E-state index contributed by atoms with van der Waals surface area (Å²) in [4.78, 5) is 24.1. The van der Waals surface area contributed by atoms with Gasteiger partial charge in [0.1, 0.15) is 0 Å². The lowest BCUT2D eigenvalue weighted by molar-refractivity contribution is -0.142.